The van der Waals surface area contributed by atoms with Gasteiger partial charge in [-0.3, -0.25) is 19.4 Å². The van der Waals surface area contributed by atoms with E-state index < -0.39 is 0 Å². The number of carbonyl (C=O) groups is 2. The number of fused-ring (bicyclic) bond motifs is 6. The lowest BCUT2D eigenvalue weighted by atomic mass is 9.76. The van der Waals surface area contributed by atoms with Gasteiger partial charge in [0, 0.05) is 44.4 Å². The molecular formula is C17H26N2O3. The average Bonchev–Trinajstić information content (AvgIpc) is 2.48. The maximum Gasteiger partial charge on any atom is 0.302 e. The van der Waals surface area contributed by atoms with Gasteiger partial charge >= 0.3 is 5.97 Å². The Hall–Kier alpha value is -0.940. The second-order valence-corrected chi connectivity index (χ2v) is 7.49. The second kappa shape index (κ2) is 5.60. The molecule has 22 heavy (non-hydrogen) atoms. The fourth-order valence-corrected chi connectivity index (χ4v) is 5.35. The molecule has 4 rings (SSSR count). The van der Waals surface area contributed by atoms with Crippen LogP contribution >= 0.6 is 0 Å². The molecule has 4 heterocycles. The van der Waals surface area contributed by atoms with Crippen molar-refractivity contribution in [3.8, 4) is 0 Å². The monoisotopic (exact) mass is 306 g/mol. The summed E-state index contributed by atoms with van der Waals surface area (Å²) in [5.41, 5.74) is 0. The quantitative estimate of drug-likeness (QED) is 0.685. The molecule has 4 aliphatic rings. The molecule has 0 aliphatic carbocycles. The van der Waals surface area contributed by atoms with Crippen molar-refractivity contribution in [3.05, 3.63) is 0 Å². The highest BCUT2D eigenvalue weighted by atomic mass is 16.5. The van der Waals surface area contributed by atoms with Crippen molar-refractivity contribution in [1.82, 2.24) is 9.80 Å². The Bertz CT molecular complexity index is 481. The minimum Gasteiger partial charge on any atom is -0.462 e. The number of hydrogen-bond donors (Lipinski definition) is 0. The normalized spacial score (nSPS) is 42.4. The van der Waals surface area contributed by atoms with Crippen LogP contribution in [0.15, 0.2) is 0 Å². The third-order valence-corrected chi connectivity index (χ3v) is 6.18. The van der Waals surface area contributed by atoms with Crippen LogP contribution in [0.1, 0.15) is 51.9 Å². The van der Waals surface area contributed by atoms with Crippen molar-refractivity contribution in [2.75, 3.05) is 13.1 Å². The summed E-state index contributed by atoms with van der Waals surface area (Å²) in [6, 6.07) is 1.83. The predicted octanol–water partition coefficient (Wildman–Crippen LogP) is 1.35. The number of nitrogens with zero attached hydrogens (tertiary/aromatic N) is 2. The molecule has 5 unspecified atom stereocenters. The Balaban J connectivity index is 1.49. The fraction of sp³-hybridized carbons (Fsp3) is 0.882. The van der Waals surface area contributed by atoms with Crippen LogP contribution in [0.5, 0.6) is 0 Å². The summed E-state index contributed by atoms with van der Waals surface area (Å²) in [7, 11) is 0. The highest BCUT2D eigenvalue weighted by molar-refractivity contribution is 5.85. The zero-order valence-electron chi connectivity index (χ0n) is 13.4. The van der Waals surface area contributed by atoms with E-state index in [0.29, 0.717) is 23.9 Å². The predicted molar refractivity (Wildman–Crippen MR) is 81.4 cm³/mol. The van der Waals surface area contributed by atoms with E-state index in [9.17, 15) is 9.59 Å². The van der Waals surface area contributed by atoms with E-state index in [1.54, 1.807) is 0 Å². The van der Waals surface area contributed by atoms with Gasteiger partial charge in [0.15, 0.2) is 0 Å². The van der Waals surface area contributed by atoms with E-state index in [1.807, 2.05) is 0 Å². The van der Waals surface area contributed by atoms with Crippen LogP contribution in [0.25, 0.3) is 0 Å². The summed E-state index contributed by atoms with van der Waals surface area (Å²) in [6.07, 6.45) is 7.19. The van der Waals surface area contributed by atoms with Gasteiger partial charge in [-0.25, -0.2) is 0 Å². The van der Waals surface area contributed by atoms with E-state index in [4.69, 9.17) is 4.74 Å². The van der Waals surface area contributed by atoms with Crippen LogP contribution in [-0.2, 0) is 14.3 Å². The number of rotatable bonds is 1. The Morgan fingerprint density at radius 2 is 1.77 bits per heavy atom. The van der Waals surface area contributed by atoms with Gasteiger partial charge in [-0.15, -0.1) is 0 Å². The van der Waals surface area contributed by atoms with E-state index in [2.05, 4.69) is 9.80 Å². The highest BCUT2D eigenvalue weighted by Crippen LogP contribution is 2.41. The van der Waals surface area contributed by atoms with E-state index in [0.717, 1.165) is 51.6 Å². The van der Waals surface area contributed by atoms with Gasteiger partial charge < -0.3 is 4.74 Å². The maximum atomic E-state index is 12.3. The molecule has 0 spiro atoms. The highest BCUT2D eigenvalue weighted by Gasteiger charge is 2.49. The Morgan fingerprint density at radius 1 is 1.05 bits per heavy atom. The molecule has 0 aromatic rings. The number of esters is 1. The number of ether oxygens (including phenoxy) is 1. The number of ketones is 1. The molecule has 122 valence electrons. The Morgan fingerprint density at radius 3 is 2.55 bits per heavy atom. The minimum absolute atomic E-state index is 0.0939. The third-order valence-electron chi connectivity index (χ3n) is 6.18. The first kappa shape index (κ1) is 14.6. The molecular weight excluding hydrogens is 280 g/mol. The summed E-state index contributed by atoms with van der Waals surface area (Å²) < 4.78 is 5.45. The van der Waals surface area contributed by atoms with Gasteiger partial charge in [-0.05, 0) is 38.6 Å². The van der Waals surface area contributed by atoms with Crippen molar-refractivity contribution < 1.29 is 14.3 Å². The van der Waals surface area contributed by atoms with Crippen LogP contribution in [0.3, 0.4) is 0 Å². The smallest absolute Gasteiger partial charge is 0.302 e. The fourth-order valence-electron chi connectivity index (χ4n) is 5.35. The zero-order valence-corrected chi connectivity index (χ0v) is 13.4. The van der Waals surface area contributed by atoms with Crippen LogP contribution in [0.4, 0.5) is 0 Å². The average molecular weight is 306 g/mol. The first-order valence-electron chi connectivity index (χ1n) is 8.83. The van der Waals surface area contributed by atoms with Crippen molar-refractivity contribution in [2.24, 2.45) is 0 Å². The van der Waals surface area contributed by atoms with Gasteiger partial charge in [0.2, 0.25) is 0 Å². The molecule has 2 bridgehead atoms. The number of hydrogen-bond acceptors (Lipinski definition) is 5. The van der Waals surface area contributed by atoms with Gasteiger partial charge in [0.05, 0.1) is 6.04 Å². The summed E-state index contributed by atoms with van der Waals surface area (Å²) in [5.74, 6) is 0.311. The van der Waals surface area contributed by atoms with E-state index in [1.165, 1.54) is 13.3 Å². The molecule has 0 saturated carbocycles. The van der Waals surface area contributed by atoms with Crippen LogP contribution in [0.2, 0.25) is 0 Å². The van der Waals surface area contributed by atoms with Crippen molar-refractivity contribution >= 4 is 11.8 Å². The zero-order chi connectivity index (χ0) is 15.3. The van der Waals surface area contributed by atoms with E-state index in [-0.39, 0.29) is 18.1 Å². The minimum atomic E-state index is -0.156. The number of carbonyl (C=O) groups excluding carboxylic acids is 2. The largest absolute Gasteiger partial charge is 0.462 e. The third kappa shape index (κ3) is 2.48. The Labute approximate surface area is 132 Å². The first-order valence-corrected chi connectivity index (χ1v) is 8.83. The number of Topliss-reactive ketones (excluding diaryl/α,β-unsaturated/α-hetero) is 1. The molecule has 5 nitrogen and oxygen atoms in total. The van der Waals surface area contributed by atoms with E-state index >= 15 is 0 Å². The summed E-state index contributed by atoms with van der Waals surface area (Å²) >= 11 is 0. The molecule has 4 aliphatic heterocycles. The van der Waals surface area contributed by atoms with Crippen molar-refractivity contribution in [1.29, 1.82) is 0 Å². The molecule has 4 fully saturated rings. The van der Waals surface area contributed by atoms with Crippen molar-refractivity contribution in [3.63, 3.8) is 0 Å². The summed E-state index contributed by atoms with van der Waals surface area (Å²) in [6.45, 7) is 3.61. The van der Waals surface area contributed by atoms with Crippen molar-refractivity contribution in [2.45, 2.75) is 82.1 Å². The summed E-state index contributed by atoms with van der Waals surface area (Å²) in [4.78, 5) is 28.6. The lowest BCUT2D eigenvalue weighted by Gasteiger charge is -2.57. The molecule has 0 amide bonds. The van der Waals surface area contributed by atoms with Gasteiger partial charge in [0.25, 0.3) is 0 Å². The number of piperidine rings is 4. The SMILES string of the molecule is CC(=O)OC1CCN2C(C1)CC1CC2CC2C(=O)CCCN12. The molecule has 5 heteroatoms. The standard InChI is InChI=1S/C17H26N2O3/c1-11(20)22-15-4-6-18-13(9-15)7-12-8-14(18)10-16-17(21)3-2-5-19(12)16/h12-16H,2-10H2,1H3. The van der Waals surface area contributed by atoms with Gasteiger partial charge in [0.1, 0.15) is 11.9 Å². The summed E-state index contributed by atoms with van der Waals surface area (Å²) in [5, 5.41) is 0. The molecule has 0 aromatic carbocycles. The van der Waals surface area contributed by atoms with Crippen LogP contribution < -0.4 is 0 Å². The van der Waals surface area contributed by atoms with Crippen LogP contribution in [0, 0.1) is 0 Å². The van der Waals surface area contributed by atoms with Gasteiger partial charge in [-0.1, -0.05) is 0 Å². The molecule has 0 radical (unpaired) electrons. The lowest BCUT2D eigenvalue weighted by Crippen LogP contribution is -2.66. The molecule has 0 N–H and O–H groups in total. The Kier molecular flexibility index (Phi) is 3.73. The molecule has 0 aromatic heterocycles. The molecule has 5 atom stereocenters. The van der Waals surface area contributed by atoms with Crippen LogP contribution in [-0.4, -0.2) is 64.9 Å². The molecule has 4 saturated heterocycles. The first-order chi connectivity index (χ1) is 10.6. The lowest BCUT2D eigenvalue weighted by molar-refractivity contribution is -0.155. The van der Waals surface area contributed by atoms with Gasteiger partial charge in [-0.2, -0.15) is 0 Å². The topological polar surface area (TPSA) is 49.9 Å². The second-order valence-electron chi connectivity index (χ2n) is 7.49. The maximum absolute atomic E-state index is 12.3.